The summed E-state index contributed by atoms with van der Waals surface area (Å²) < 4.78 is 28.0. The molecule has 3 aliphatic rings. The number of amides is 2. The summed E-state index contributed by atoms with van der Waals surface area (Å²) in [6, 6.07) is 6.42. The van der Waals surface area contributed by atoms with Gasteiger partial charge in [-0.05, 0) is 69.6 Å². The molecule has 3 aliphatic heterocycles. The van der Waals surface area contributed by atoms with E-state index in [1.165, 1.54) is 6.07 Å². The van der Waals surface area contributed by atoms with E-state index < -0.39 is 10.0 Å². The molecule has 1 atom stereocenters. The smallest absolute Gasteiger partial charge is 0.253 e. The highest BCUT2D eigenvalue weighted by Crippen LogP contribution is 2.27. The first-order valence-electron chi connectivity index (χ1n) is 12.5. The predicted octanol–water partition coefficient (Wildman–Crippen LogP) is 3.36. The largest absolute Gasteiger partial charge is 0.342 e. The number of hydrogen-bond donors (Lipinski definition) is 0. The summed E-state index contributed by atoms with van der Waals surface area (Å²) in [5.41, 5.74) is 0.399. The van der Waals surface area contributed by atoms with Gasteiger partial charge in [0.15, 0.2) is 0 Å². The zero-order valence-corrected chi connectivity index (χ0v) is 20.7. The molecule has 3 saturated heterocycles. The average molecular weight is 476 g/mol. The molecule has 0 aromatic heterocycles. The van der Waals surface area contributed by atoms with Gasteiger partial charge in [-0.25, -0.2) is 8.42 Å². The standard InChI is InChI=1S/C25H37N3O4S/c1-19-9-14-26(15-10-19)24(29)21-11-16-27(17-12-21)25(30)22-7-5-8-23(18-22)33(31,32)28-13-4-3-6-20(28)2/h5,7-8,18-21H,3-4,6,9-17H2,1-2H3. The Morgan fingerprint density at radius 1 is 0.848 bits per heavy atom. The molecule has 0 aliphatic carbocycles. The lowest BCUT2D eigenvalue weighted by Crippen LogP contribution is -2.46. The van der Waals surface area contributed by atoms with Gasteiger partial charge in [-0.1, -0.05) is 19.4 Å². The summed E-state index contributed by atoms with van der Waals surface area (Å²) >= 11 is 0. The molecule has 7 nitrogen and oxygen atoms in total. The maximum Gasteiger partial charge on any atom is 0.253 e. The van der Waals surface area contributed by atoms with E-state index in [4.69, 9.17) is 0 Å². The molecule has 0 spiro atoms. The van der Waals surface area contributed by atoms with E-state index in [-0.39, 0.29) is 28.7 Å². The topological polar surface area (TPSA) is 78.0 Å². The van der Waals surface area contributed by atoms with Crippen molar-refractivity contribution in [1.29, 1.82) is 0 Å². The fourth-order valence-electron chi connectivity index (χ4n) is 5.35. The molecule has 1 aromatic rings. The van der Waals surface area contributed by atoms with E-state index in [0.29, 0.717) is 44.0 Å². The molecular formula is C25H37N3O4S. The van der Waals surface area contributed by atoms with Crippen LogP contribution in [0.3, 0.4) is 0 Å². The lowest BCUT2D eigenvalue weighted by Gasteiger charge is -2.36. The number of rotatable bonds is 4. The summed E-state index contributed by atoms with van der Waals surface area (Å²) in [6.45, 7) is 7.45. The molecule has 0 radical (unpaired) electrons. The third kappa shape index (κ3) is 5.27. The molecule has 0 N–H and O–H groups in total. The Balaban J connectivity index is 1.39. The van der Waals surface area contributed by atoms with Crippen molar-refractivity contribution in [3.63, 3.8) is 0 Å². The lowest BCUT2D eigenvalue weighted by atomic mass is 9.92. The van der Waals surface area contributed by atoms with Crippen LogP contribution in [0, 0.1) is 11.8 Å². The Morgan fingerprint density at radius 3 is 2.18 bits per heavy atom. The first kappa shape index (κ1) is 24.2. The molecule has 0 bridgehead atoms. The third-order valence-electron chi connectivity index (χ3n) is 7.66. The van der Waals surface area contributed by atoms with Crippen LogP contribution in [0.15, 0.2) is 29.2 Å². The maximum atomic E-state index is 13.2. The third-order valence-corrected chi connectivity index (χ3v) is 9.67. The maximum absolute atomic E-state index is 13.2. The SMILES string of the molecule is CC1CCN(C(=O)C2CCN(C(=O)c3cccc(S(=O)(=O)N4CCCCC4C)c3)CC2)CC1. The first-order valence-corrected chi connectivity index (χ1v) is 13.9. The highest BCUT2D eigenvalue weighted by molar-refractivity contribution is 7.89. The fraction of sp³-hybridized carbons (Fsp3) is 0.680. The number of hydrogen-bond acceptors (Lipinski definition) is 4. The van der Waals surface area contributed by atoms with Gasteiger partial charge in [0, 0.05) is 50.2 Å². The zero-order chi connectivity index (χ0) is 23.6. The Morgan fingerprint density at radius 2 is 1.52 bits per heavy atom. The number of carbonyl (C=O) groups excluding carboxylic acids is 2. The number of piperidine rings is 3. The number of benzene rings is 1. The van der Waals surface area contributed by atoms with Crippen LogP contribution in [0.1, 0.15) is 69.2 Å². The molecule has 1 unspecified atom stereocenters. The van der Waals surface area contributed by atoms with Gasteiger partial charge < -0.3 is 9.80 Å². The quantitative estimate of drug-likeness (QED) is 0.669. The van der Waals surface area contributed by atoms with E-state index in [0.717, 1.165) is 45.2 Å². The van der Waals surface area contributed by atoms with Gasteiger partial charge >= 0.3 is 0 Å². The van der Waals surface area contributed by atoms with Gasteiger partial charge in [0.1, 0.15) is 0 Å². The second-order valence-corrected chi connectivity index (χ2v) is 12.0. The summed E-state index contributed by atoms with van der Waals surface area (Å²) in [6.07, 6.45) is 6.24. The predicted molar refractivity (Wildman–Crippen MR) is 127 cm³/mol. The first-order chi connectivity index (χ1) is 15.8. The van der Waals surface area contributed by atoms with Crippen molar-refractivity contribution >= 4 is 21.8 Å². The molecular weight excluding hydrogens is 438 g/mol. The molecule has 33 heavy (non-hydrogen) atoms. The van der Waals surface area contributed by atoms with Crippen molar-refractivity contribution < 1.29 is 18.0 Å². The van der Waals surface area contributed by atoms with Gasteiger partial charge in [-0.2, -0.15) is 4.31 Å². The summed E-state index contributed by atoms with van der Waals surface area (Å²) in [5.74, 6) is 0.746. The molecule has 2 amide bonds. The van der Waals surface area contributed by atoms with E-state index in [1.807, 2.05) is 11.8 Å². The molecule has 0 saturated carbocycles. The van der Waals surface area contributed by atoms with E-state index in [2.05, 4.69) is 6.92 Å². The summed E-state index contributed by atoms with van der Waals surface area (Å²) in [7, 11) is -3.62. The van der Waals surface area contributed by atoms with Crippen LogP contribution in [-0.4, -0.2) is 73.1 Å². The monoisotopic (exact) mass is 475 g/mol. The number of likely N-dealkylation sites (tertiary alicyclic amines) is 2. The van der Waals surface area contributed by atoms with Crippen molar-refractivity contribution in [2.75, 3.05) is 32.7 Å². The Kier molecular flexibility index (Phi) is 7.43. The average Bonchev–Trinajstić information content (AvgIpc) is 2.84. The van der Waals surface area contributed by atoms with Crippen LogP contribution in [-0.2, 0) is 14.8 Å². The molecule has 182 valence electrons. The minimum Gasteiger partial charge on any atom is -0.342 e. The molecule has 8 heteroatoms. The highest BCUT2D eigenvalue weighted by Gasteiger charge is 2.33. The van der Waals surface area contributed by atoms with Crippen LogP contribution < -0.4 is 0 Å². The van der Waals surface area contributed by atoms with Crippen molar-refractivity contribution in [3.8, 4) is 0 Å². The van der Waals surface area contributed by atoms with Crippen LogP contribution in [0.4, 0.5) is 0 Å². The van der Waals surface area contributed by atoms with Crippen LogP contribution in [0.25, 0.3) is 0 Å². The minimum absolute atomic E-state index is 0.0187. The summed E-state index contributed by atoms with van der Waals surface area (Å²) in [4.78, 5) is 30.0. The highest BCUT2D eigenvalue weighted by atomic mass is 32.2. The van der Waals surface area contributed by atoms with Crippen molar-refractivity contribution in [1.82, 2.24) is 14.1 Å². The Hall–Kier alpha value is -1.93. The number of carbonyl (C=O) groups is 2. The second-order valence-electron chi connectivity index (χ2n) is 10.1. The Bertz CT molecular complexity index is 964. The van der Waals surface area contributed by atoms with Gasteiger partial charge in [0.2, 0.25) is 15.9 Å². The van der Waals surface area contributed by atoms with Gasteiger partial charge in [-0.15, -0.1) is 0 Å². The molecule has 4 rings (SSSR count). The number of nitrogens with zero attached hydrogens (tertiary/aromatic N) is 3. The van der Waals surface area contributed by atoms with E-state index >= 15 is 0 Å². The fourth-order valence-corrected chi connectivity index (χ4v) is 7.10. The Labute approximate surface area is 198 Å². The number of sulfonamides is 1. The normalized spacial score (nSPS) is 24.1. The lowest BCUT2D eigenvalue weighted by molar-refractivity contribution is -0.138. The molecule has 1 aromatic carbocycles. The van der Waals surface area contributed by atoms with Crippen LogP contribution in [0.5, 0.6) is 0 Å². The molecule has 3 heterocycles. The zero-order valence-electron chi connectivity index (χ0n) is 19.9. The second kappa shape index (κ2) is 10.1. The minimum atomic E-state index is -3.62. The van der Waals surface area contributed by atoms with Gasteiger partial charge in [0.25, 0.3) is 5.91 Å². The van der Waals surface area contributed by atoms with Crippen molar-refractivity contribution in [3.05, 3.63) is 29.8 Å². The van der Waals surface area contributed by atoms with Crippen LogP contribution in [0.2, 0.25) is 0 Å². The van der Waals surface area contributed by atoms with Gasteiger partial charge in [-0.3, -0.25) is 9.59 Å². The van der Waals surface area contributed by atoms with Crippen LogP contribution >= 0.6 is 0 Å². The van der Waals surface area contributed by atoms with E-state index in [1.54, 1.807) is 27.4 Å². The van der Waals surface area contributed by atoms with E-state index in [9.17, 15) is 18.0 Å². The summed E-state index contributed by atoms with van der Waals surface area (Å²) in [5, 5.41) is 0. The van der Waals surface area contributed by atoms with Gasteiger partial charge in [0.05, 0.1) is 4.90 Å². The van der Waals surface area contributed by atoms with Crippen molar-refractivity contribution in [2.45, 2.75) is 69.7 Å². The van der Waals surface area contributed by atoms with Crippen molar-refractivity contribution in [2.24, 2.45) is 11.8 Å². The molecule has 3 fully saturated rings.